The van der Waals surface area contributed by atoms with Gasteiger partial charge in [0.25, 0.3) is 0 Å². The Bertz CT molecular complexity index is 973. The molecule has 0 atom stereocenters. The molecule has 134 valence electrons. The molecule has 2 aromatic carbocycles. The van der Waals surface area contributed by atoms with E-state index in [4.69, 9.17) is 4.74 Å². The summed E-state index contributed by atoms with van der Waals surface area (Å²) in [6.45, 7) is 1.84. The molecule has 5 nitrogen and oxygen atoms in total. The molecule has 0 fully saturated rings. The van der Waals surface area contributed by atoms with E-state index in [9.17, 15) is 9.18 Å². The monoisotopic (exact) mass is 371 g/mol. The normalized spacial score (nSPS) is 14.2. The van der Waals surface area contributed by atoms with Crippen molar-refractivity contribution >= 4 is 32.6 Å². The van der Waals surface area contributed by atoms with Crippen LogP contribution in [0.5, 0.6) is 5.75 Å². The van der Waals surface area contributed by atoms with Crippen LogP contribution in [0.25, 0.3) is 10.2 Å². The van der Waals surface area contributed by atoms with E-state index in [-0.39, 0.29) is 11.7 Å². The number of hydrogen-bond donors (Lipinski definition) is 1. The number of aromatic nitrogens is 1. The molecule has 1 aliphatic rings. The zero-order valence-electron chi connectivity index (χ0n) is 14.3. The minimum absolute atomic E-state index is 0.115. The summed E-state index contributed by atoms with van der Waals surface area (Å²) in [7, 11) is 1.65. The van der Waals surface area contributed by atoms with E-state index in [1.165, 1.54) is 34.6 Å². The van der Waals surface area contributed by atoms with E-state index in [2.05, 4.69) is 21.3 Å². The highest BCUT2D eigenvalue weighted by atomic mass is 32.1. The van der Waals surface area contributed by atoms with Gasteiger partial charge in [-0.05, 0) is 47.9 Å². The van der Waals surface area contributed by atoms with Crippen LogP contribution < -0.4 is 10.1 Å². The van der Waals surface area contributed by atoms with Gasteiger partial charge in [0, 0.05) is 13.1 Å². The lowest BCUT2D eigenvalue weighted by Crippen LogP contribution is -2.37. The molecule has 26 heavy (non-hydrogen) atoms. The average molecular weight is 371 g/mol. The lowest BCUT2D eigenvalue weighted by molar-refractivity contribution is -0.117. The molecule has 4 rings (SSSR count). The summed E-state index contributed by atoms with van der Waals surface area (Å²) < 4.78 is 19.3. The third kappa shape index (κ3) is 3.54. The highest BCUT2D eigenvalue weighted by molar-refractivity contribution is 7.22. The number of benzene rings is 2. The molecule has 0 radical (unpaired) electrons. The molecule has 0 aliphatic carbocycles. The molecule has 0 bridgehead atoms. The number of hydrogen-bond acceptors (Lipinski definition) is 5. The lowest BCUT2D eigenvalue weighted by atomic mass is 9.99. The Morgan fingerprint density at radius 1 is 1.31 bits per heavy atom. The van der Waals surface area contributed by atoms with Crippen LogP contribution in [-0.4, -0.2) is 36.0 Å². The van der Waals surface area contributed by atoms with Crippen molar-refractivity contribution in [1.82, 2.24) is 9.88 Å². The van der Waals surface area contributed by atoms with Crippen molar-refractivity contribution in [1.29, 1.82) is 0 Å². The van der Waals surface area contributed by atoms with E-state index in [1.807, 2.05) is 12.1 Å². The molecular weight excluding hydrogens is 353 g/mol. The number of thiazole rings is 1. The molecule has 3 aromatic rings. The van der Waals surface area contributed by atoms with Gasteiger partial charge in [-0.1, -0.05) is 17.4 Å². The van der Waals surface area contributed by atoms with Crippen LogP contribution in [-0.2, 0) is 17.8 Å². The zero-order valence-corrected chi connectivity index (χ0v) is 15.1. The van der Waals surface area contributed by atoms with Crippen LogP contribution >= 0.6 is 11.3 Å². The number of amides is 1. The third-order valence-electron chi connectivity index (χ3n) is 4.47. The number of rotatable bonds is 4. The fraction of sp³-hybridized carbons (Fsp3) is 0.263. The SMILES string of the molecule is COc1ccc2c(c1)CN(CC(=O)Nc1nc3ccc(F)cc3s1)CC2. The number of halogens is 1. The van der Waals surface area contributed by atoms with Gasteiger partial charge in [0.1, 0.15) is 11.6 Å². The topological polar surface area (TPSA) is 54.5 Å². The Morgan fingerprint density at radius 3 is 3.04 bits per heavy atom. The van der Waals surface area contributed by atoms with Crippen LogP contribution in [0.2, 0.25) is 0 Å². The van der Waals surface area contributed by atoms with Crippen molar-refractivity contribution in [2.45, 2.75) is 13.0 Å². The van der Waals surface area contributed by atoms with Crippen molar-refractivity contribution < 1.29 is 13.9 Å². The molecule has 1 aliphatic heterocycles. The van der Waals surface area contributed by atoms with Gasteiger partial charge in [-0.15, -0.1) is 0 Å². The summed E-state index contributed by atoms with van der Waals surface area (Å²) in [6.07, 6.45) is 0.910. The van der Waals surface area contributed by atoms with Gasteiger partial charge in [-0.25, -0.2) is 9.37 Å². The number of methoxy groups -OCH3 is 1. The fourth-order valence-corrected chi connectivity index (χ4v) is 4.07. The van der Waals surface area contributed by atoms with Gasteiger partial charge >= 0.3 is 0 Å². The molecule has 7 heteroatoms. The predicted octanol–water partition coefficient (Wildman–Crippen LogP) is 3.44. The van der Waals surface area contributed by atoms with Crippen LogP contribution in [0, 0.1) is 5.82 Å². The van der Waals surface area contributed by atoms with Gasteiger partial charge in [-0.2, -0.15) is 0 Å². The first-order chi connectivity index (χ1) is 12.6. The standard InChI is InChI=1S/C19H18FN3O2S/c1-25-15-4-2-12-6-7-23(10-13(12)8-15)11-18(24)22-19-21-16-5-3-14(20)9-17(16)26-19/h2-5,8-9H,6-7,10-11H2,1H3,(H,21,22,24). The fourth-order valence-electron chi connectivity index (χ4n) is 3.17. The number of carbonyl (C=O) groups excluding carboxylic acids is 1. The van der Waals surface area contributed by atoms with Crippen LogP contribution in [0.15, 0.2) is 36.4 Å². The maximum Gasteiger partial charge on any atom is 0.240 e. The molecule has 1 N–H and O–H groups in total. The van der Waals surface area contributed by atoms with Crippen LogP contribution in [0.1, 0.15) is 11.1 Å². The van der Waals surface area contributed by atoms with Crippen molar-refractivity contribution in [3.05, 3.63) is 53.3 Å². The smallest absolute Gasteiger partial charge is 0.240 e. The molecule has 0 saturated heterocycles. The number of fused-ring (bicyclic) bond motifs is 2. The molecule has 1 aromatic heterocycles. The Kier molecular flexibility index (Phi) is 4.57. The lowest BCUT2D eigenvalue weighted by Gasteiger charge is -2.28. The molecule has 0 unspecified atom stereocenters. The Hall–Kier alpha value is -2.51. The second kappa shape index (κ2) is 7.01. The number of nitrogens with one attached hydrogen (secondary N) is 1. The molecule has 1 amide bonds. The summed E-state index contributed by atoms with van der Waals surface area (Å²) in [5, 5.41) is 3.32. The molecule has 0 spiro atoms. The van der Waals surface area contributed by atoms with Gasteiger partial charge in [0.2, 0.25) is 5.91 Å². The number of anilines is 1. The van der Waals surface area contributed by atoms with Crippen molar-refractivity contribution in [2.24, 2.45) is 0 Å². The van der Waals surface area contributed by atoms with Crippen LogP contribution in [0.3, 0.4) is 0 Å². The highest BCUT2D eigenvalue weighted by Crippen LogP contribution is 2.27. The van der Waals surface area contributed by atoms with Crippen molar-refractivity contribution in [3.63, 3.8) is 0 Å². The second-order valence-corrected chi connectivity index (χ2v) is 7.31. The Labute approximate surface area is 154 Å². The maximum atomic E-state index is 13.3. The Morgan fingerprint density at radius 2 is 2.19 bits per heavy atom. The molecular formula is C19H18FN3O2S. The van der Waals surface area contributed by atoms with E-state index in [1.54, 1.807) is 13.2 Å². The van der Waals surface area contributed by atoms with Gasteiger partial charge in [0.15, 0.2) is 5.13 Å². The number of nitrogens with zero attached hydrogens (tertiary/aromatic N) is 2. The quantitative estimate of drug-likeness (QED) is 0.763. The summed E-state index contributed by atoms with van der Waals surface area (Å²) in [5.41, 5.74) is 3.18. The summed E-state index contributed by atoms with van der Waals surface area (Å²) in [5.74, 6) is 0.411. The van der Waals surface area contributed by atoms with Gasteiger partial charge < -0.3 is 10.1 Å². The average Bonchev–Trinajstić information content (AvgIpc) is 3.02. The zero-order chi connectivity index (χ0) is 18.1. The molecule has 2 heterocycles. The maximum absolute atomic E-state index is 13.3. The van der Waals surface area contributed by atoms with E-state index in [0.717, 1.165) is 23.4 Å². The van der Waals surface area contributed by atoms with E-state index in [0.29, 0.717) is 23.7 Å². The van der Waals surface area contributed by atoms with Gasteiger partial charge in [-0.3, -0.25) is 9.69 Å². The minimum atomic E-state index is -0.304. The first-order valence-electron chi connectivity index (χ1n) is 8.35. The summed E-state index contributed by atoms with van der Waals surface area (Å²) >= 11 is 1.28. The first-order valence-corrected chi connectivity index (χ1v) is 9.16. The van der Waals surface area contributed by atoms with Gasteiger partial charge in [0.05, 0.1) is 23.9 Å². The molecule has 0 saturated carbocycles. The van der Waals surface area contributed by atoms with Crippen LogP contribution in [0.4, 0.5) is 9.52 Å². The largest absolute Gasteiger partial charge is 0.497 e. The second-order valence-electron chi connectivity index (χ2n) is 6.27. The van der Waals surface area contributed by atoms with E-state index < -0.39 is 0 Å². The van der Waals surface area contributed by atoms with Crippen molar-refractivity contribution in [2.75, 3.05) is 25.5 Å². The summed E-state index contributed by atoms with van der Waals surface area (Å²) in [6, 6.07) is 10.5. The highest BCUT2D eigenvalue weighted by Gasteiger charge is 2.19. The number of carbonyl (C=O) groups is 1. The summed E-state index contributed by atoms with van der Waals surface area (Å²) in [4.78, 5) is 18.8. The Balaban J connectivity index is 1.41. The number of ether oxygens (including phenoxy) is 1. The van der Waals surface area contributed by atoms with E-state index >= 15 is 0 Å². The minimum Gasteiger partial charge on any atom is -0.497 e. The first kappa shape index (κ1) is 16.9. The predicted molar refractivity (Wildman–Crippen MR) is 100 cm³/mol. The third-order valence-corrected chi connectivity index (χ3v) is 5.40. The van der Waals surface area contributed by atoms with Crippen molar-refractivity contribution in [3.8, 4) is 5.75 Å².